The van der Waals surface area contributed by atoms with Crippen LogP contribution < -0.4 is 10.6 Å². The number of nitrogens with zero attached hydrogens (tertiary/aromatic N) is 1. The number of pyridine rings is 1. The lowest BCUT2D eigenvalue weighted by molar-refractivity contribution is -0.116. The second-order valence-corrected chi connectivity index (χ2v) is 5.63. The van der Waals surface area contributed by atoms with Gasteiger partial charge in [-0.3, -0.25) is 4.79 Å². The maximum absolute atomic E-state index is 11.5. The Labute approximate surface area is 132 Å². The monoisotopic (exact) mass is 297 g/mol. The first kappa shape index (κ1) is 16.0. The first-order chi connectivity index (χ1) is 10.6. The average Bonchev–Trinajstić information content (AvgIpc) is 2.50. The number of hydrogen-bond donors (Lipinski definition) is 2. The van der Waals surface area contributed by atoms with E-state index in [4.69, 9.17) is 0 Å². The Morgan fingerprint density at radius 1 is 1.09 bits per heavy atom. The lowest BCUT2D eigenvalue weighted by Crippen LogP contribution is -2.10. The van der Waals surface area contributed by atoms with E-state index in [9.17, 15) is 4.79 Å². The fourth-order valence-electron chi connectivity index (χ4n) is 2.09. The summed E-state index contributed by atoms with van der Waals surface area (Å²) in [5.41, 5.74) is 3.03. The highest BCUT2D eigenvalue weighted by Crippen LogP contribution is 2.20. The van der Waals surface area contributed by atoms with Crippen LogP contribution in [0.15, 0.2) is 42.6 Å². The van der Waals surface area contributed by atoms with Crippen molar-refractivity contribution in [2.75, 3.05) is 10.6 Å². The van der Waals surface area contributed by atoms with Gasteiger partial charge in [0.1, 0.15) is 5.82 Å². The second kappa shape index (κ2) is 7.59. The van der Waals surface area contributed by atoms with Crippen LogP contribution in [0.2, 0.25) is 0 Å². The molecular weight excluding hydrogens is 274 g/mol. The number of benzene rings is 1. The van der Waals surface area contributed by atoms with E-state index in [0.29, 0.717) is 12.3 Å². The van der Waals surface area contributed by atoms with Crippen LogP contribution in [0.5, 0.6) is 0 Å². The van der Waals surface area contributed by atoms with Crippen LogP contribution in [-0.2, 0) is 4.79 Å². The molecule has 0 atom stereocenters. The van der Waals surface area contributed by atoms with Gasteiger partial charge in [0.25, 0.3) is 0 Å². The number of nitrogens with one attached hydrogen (secondary N) is 2. The normalized spacial score (nSPS) is 10.5. The van der Waals surface area contributed by atoms with E-state index in [2.05, 4.69) is 41.6 Å². The Morgan fingerprint density at radius 3 is 2.32 bits per heavy atom. The van der Waals surface area contributed by atoms with Crippen molar-refractivity contribution in [2.24, 2.45) is 0 Å². The molecule has 4 heteroatoms. The van der Waals surface area contributed by atoms with E-state index >= 15 is 0 Å². The number of amides is 1. The van der Waals surface area contributed by atoms with Crippen LogP contribution in [0.3, 0.4) is 0 Å². The summed E-state index contributed by atoms with van der Waals surface area (Å²) in [5.74, 6) is 1.30. The molecule has 0 aliphatic carbocycles. The number of anilines is 3. The van der Waals surface area contributed by atoms with Crippen LogP contribution in [0.1, 0.15) is 45.1 Å². The van der Waals surface area contributed by atoms with Gasteiger partial charge in [-0.25, -0.2) is 4.98 Å². The summed E-state index contributed by atoms with van der Waals surface area (Å²) in [4.78, 5) is 15.8. The van der Waals surface area contributed by atoms with E-state index in [-0.39, 0.29) is 5.91 Å². The highest BCUT2D eigenvalue weighted by Gasteiger charge is 2.02. The zero-order valence-corrected chi connectivity index (χ0v) is 13.4. The van der Waals surface area contributed by atoms with Gasteiger partial charge >= 0.3 is 0 Å². The second-order valence-electron chi connectivity index (χ2n) is 5.63. The van der Waals surface area contributed by atoms with Gasteiger partial charge in [-0.1, -0.05) is 32.9 Å². The van der Waals surface area contributed by atoms with Crippen molar-refractivity contribution in [3.05, 3.63) is 48.2 Å². The van der Waals surface area contributed by atoms with Crippen LogP contribution in [0.25, 0.3) is 0 Å². The molecule has 1 aromatic heterocycles. The Morgan fingerprint density at radius 2 is 1.77 bits per heavy atom. The van der Waals surface area contributed by atoms with Gasteiger partial charge in [-0.15, -0.1) is 0 Å². The molecule has 116 valence electrons. The summed E-state index contributed by atoms with van der Waals surface area (Å²) in [5, 5.41) is 6.08. The molecule has 0 saturated heterocycles. The molecule has 2 N–H and O–H groups in total. The Kier molecular flexibility index (Phi) is 5.53. The first-order valence-electron chi connectivity index (χ1n) is 7.71. The number of rotatable bonds is 6. The molecule has 2 rings (SSSR count). The molecule has 0 fully saturated rings. The summed E-state index contributed by atoms with van der Waals surface area (Å²) in [6.45, 7) is 6.33. The molecule has 4 nitrogen and oxygen atoms in total. The number of carbonyl (C=O) groups is 1. The van der Waals surface area contributed by atoms with Crippen molar-refractivity contribution in [2.45, 2.75) is 39.5 Å². The summed E-state index contributed by atoms with van der Waals surface area (Å²) in [6.07, 6.45) is 3.03. The van der Waals surface area contributed by atoms with Crippen LogP contribution in [0.4, 0.5) is 17.2 Å². The molecule has 0 unspecified atom stereocenters. The third-order valence-electron chi connectivity index (χ3n) is 3.37. The summed E-state index contributed by atoms with van der Waals surface area (Å²) >= 11 is 0. The fourth-order valence-corrected chi connectivity index (χ4v) is 2.09. The minimum Gasteiger partial charge on any atom is -0.340 e. The molecule has 22 heavy (non-hydrogen) atoms. The third-order valence-corrected chi connectivity index (χ3v) is 3.37. The van der Waals surface area contributed by atoms with Gasteiger partial charge in [-0.2, -0.15) is 0 Å². The summed E-state index contributed by atoms with van der Waals surface area (Å²) in [7, 11) is 0. The molecule has 0 aliphatic rings. The van der Waals surface area contributed by atoms with Crippen molar-refractivity contribution in [1.29, 1.82) is 0 Å². The van der Waals surface area contributed by atoms with E-state index in [1.54, 1.807) is 6.20 Å². The zero-order valence-electron chi connectivity index (χ0n) is 13.4. The van der Waals surface area contributed by atoms with E-state index in [0.717, 1.165) is 23.6 Å². The van der Waals surface area contributed by atoms with E-state index in [1.165, 1.54) is 5.56 Å². The third kappa shape index (κ3) is 4.58. The average molecular weight is 297 g/mol. The smallest absolute Gasteiger partial charge is 0.224 e. The zero-order chi connectivity index (χ0) is 15.9. The molecule has 0 radical (unpaired) electrons. The highest BCUT2D eigenvalue weighted by atomic mass is 16.1. The Balaban J connectivity index is 1.97. The molecule has 1 amide bonds. The van der Waals surface area contributed by atoms with E-state index < -0.39 is 0 Å². The highest BCUT2D eigenvalue weighted by molar-refractivity contribution is 5.90. The van der Waals surface area contributed by atoms with Crippen molar-refractivity contribution in [1.82, 2.24) is 4.98 Å². The minimum absolute atomic E-state index is 0.0225. The van der Waals surface area contributed by atoms with Crippen LogP contribution >= 0.6 is 0 Å². The maximum atomic E-state index is 11.5. The van der Waals surface area contributed by atoms with Gasteiger partial charge < -0.3 is 10.6 Å². The molecule has 0 aliphatic heterocycles. The van der Waals surface area contributed by atoms with Gasteiger partial charge in [0.05, 0.1) is 11.9 Å². The SMILES string of the molecule is CCCC(=O)Nc1ccc(Nc2ccc(C(C)C)cc2)nc1. The lowest BCUT2D eigenvalue weighted by Gasteiger charge is -2.09. The molecule has 0 spiro atoms. The summed E-state index contributed by atoms with van der Waals surface area (Å²) < 4.78 is 0. The van der Waals surface area contributed by atoms with Gasteiger partial charge in [0.2, 0.25) is 5.91 Å². The molecule has 0 saturated carbocycles. The van der Waals surface area contributed by atoms with Crippen molar-refractivity contribution in [3.8, 4) is 0 Å². The largest absolute Gasteiger partial charge is 0.340 e. The number of hydrogen-bond acceptors (Lipinski definition) is 3. The minimum atomic E-state index is 0.0225. The van der Waals surface area contributed by atoms with E-state index in [1.807, 2.05) is 31.2 Å². The Bertz CT molecular complexity index is 603. The molecule has 2 aromatic rings. The predicted octanol–water partition coefficient (Wildman–Crippen LogP) is 4.69. The summed E-state index contributed by atoms with van der Waals surface area (Å²) in [6, 6.07) is 12.0. The molecule has 1 aromatic carbocycles. The molecule has 1 heterocycles. The molecular formula is C18H23N3O. The number of carbonyl (C=O) groups excluding carboxylic acids is 1. The topological polar surface area (TPSA) is 54.0 Å². The van der Waals surface area contributed by atoms with Crippen molar-refractivity contribution in [3.63, 3.8) is 0 Å². The van der Waals surface area contributed by atoms with Gasteiger partial charge in [0, 0.05) is 12.1 Å². The van der Waals surface area contributed by atoms with Gasteiger partial charge in [0.15, 0.2) is 0 Å². The van der Waals surface area contributed by atoms with Crippen molar-refractivity contribution < 1.29 is 4.79 Å². The first-order valence-corrected chi connectivity index (χ1v) is 7.71. The standard InChI is InChI=1S/C18H23N3O/c1-4-5-18(22)21-16-10-11-17(19-12-16)20-15-8-6-14(7-9-15)13(2)3/h6-13H,4-5H2,1-3H3,(H,19,20)(H,21,22). The lowest BCUT2D eigenvalue weighted by atomic mass is 10.0. The van der Waals surface area contributed by atoms with Gasteiger partial charge in [-0.05, 0) is 42.2 Å². The predicted molar refractivity (Wildman–Crippen MR) is 91.6 cm³/mol. The molecule has 0 bridgehead atoms. The van der Waals surface area contributed by atoms with Crippen LogP contribution in [-0.4, -0.2) is 10.9 Å². The Hall–Kier alpha value is -2.36. The maximum Gasteiger partial charge on any atom is 0.224 e. The van der Waals surface area contributed by atoms with Crippen LogP contribution in [0, 0.1) is 0 Å². The fraction of sp³-hybridized carbons (Fsp3) is 0.333. The van der Waals surface area contributed by atoms with Crippen molar-refractivity contribution >= 4 is 23.1 Å². The quantitative estimate of drug-likeness (QED) is 0.813. The number of aromatic nitrogens is 1.